The Morgan fingerprint density at radius 2 is 2.05 bits per heavy atom. The van der Waals surface area contributed by atoms with Gasteiger partial charge in [-0.1, -0.05) is 11.6 Å². The topological polar surface area (TPSA) is 66.8 Å². The van der Waals surface area contributed by atoms with Crippen molar-refractivity contribution in [2.45, 2.75) is 25.8 Å². The summed E-state index contributed by atoms with van der Waals surface area (Å²) in [7, 11) is 0. The Balaban J connectivity index is 1.93. The van der Waals surface area contributed by atoms with Crippen molar-refractivity contribution in [1.82, 2.24) is 4.90 Å². The van der Waals surface area contributed by atoms with E-state index in [-0.39, 0.29) is 18.6 Å². The van der Waals surface area contributed by atoms with Crippen molar-refractivity contribution in [3.05, 3.63) is 29.3 Å². The first-order valence-corrected chi connectivity index (χ1v) is 7.27. The highest BCUT2D eigenvalue weighted by Gasteiger charge is 2.35. The number of carbonyl (C=O) groups excluding carboxylic acids is 1. The molecule has 6 heteroatoms. The van der Waals surface area contributed by atoms with Crippen LogP contribution in [0.3, 0.4) is 0 Å². The molecule has 0 saturated carbocycles. The van der Waals surface area contributed by atoms with Gasteiger partial charge >= 0.3 is 5.97 Å². The standard InChI is InChI=1S/C15H18ClNO4/c1-10-13(15(19)20)3-2-8-17(10)14(18)9-21-12-6-4-11(16)5-7-12/h4-7,10,13H,2-3,8-9H2,1H3,(H,19,20)/t10-,13-/m1/s1. The van der Waals surface area contributed by atoms with Crippen LogP contribution in [0.4, 0.5) is 0 Å². The molecule has 21 heavy (non-hydrogen) atoms. The number of rotatable bonds is 4. The second-order valence-corrected chi connectivity index (χ2v) is 5.59. The van der Waals surface area contributed by atoms with E-state index in [0.29, 0.717) is 30.2 Å². The maximum Gasteiger partial charge on any atom is 0.308 e. The predicted octanol–water partition coefficient (Wildman–Crippen LogP) is 2.43. The zero-order chi connectivity index (χ0) is 15.4. The van der Waals surface area contributed by atoms with Crippen molar-refractivity contribution in [2.75, 3.05) is 13.2 Å². The molecule has 1 fully saturated rings. The van der Waals surface area contributed by atoms with E-state index in [1.165, 1.54) is 0 Å². The fraction of sp³-hybridized carbons (Fsp3) is 0.467. The molecule has 114 valence electrons. The Labute approximate surface area is 128 Å². The van der Waals surface area contributed by atoms with Crippen LogP contribution in [-0.2, 0) is 9.59 Å². The summed E-state index contributed by atoms with van der Waals surface area (Å²) >= 11 is 5.77. The molecule has 1 aromatic rings. The summed E-state index contributed by atoms with van der Waals surface area (Å²) in [5, 5.41) is 9.76. The zero-order valence-corrected chi connectivity index (χ0v) is 12.5. The SMILES string of the molecule is C[C@@H]1[C@H](C(=O)O)CCCN1C(=O)COc1ccc(Cl)cc1. The highest BCUT2D eigenvalue weighted by atomic mass is 35.5. The smallest absolute Gasteiger partial charge is 0.308 e. The van der Waals surface area contributed by atoms with Gasteiger partial charge in [0.15, 0.2) is 6.61 Å². The molecular weight excluding hydrogens is 294 g/mol. The number of aliphatic carboxylic acids is 1. The maximum atomic E-state index is 12.2. The first-order chi connectivity index (χ1) is 9.99. The van der Waals surface area contributed by atoms with Crippen LogP contribution in [0, 0.1) is 5.92 Å². The molecular formula is C15H18ClNO4. The summed E-state index contributed by atoms with van der Waals surface area (Å²) in [6.45, 7) is 2.25. The Kier molecular flexibility index (Phi) is 5.07. The molecule has 2 atom stereocenters. The van der Waals surface area contributed by atoms with Crippen LogP contribution in [0.25, 0.3) is 0 Å². The van der Waals surface area contributed by atoms with Crippen LogP contribution in [0.5, 0.6) is 5.75 Å². The number of carboxylic acid groups (broad SMARTS) is 1. The number of benzene rings is 1. The second kappa shape index (κ2) is 6.80. The van der Waals surface area contributed by atoms with Crippen molar-refractivity contribution in [3.63, 3.8) is 0 Å². The summed E-state index contributed by atoms with van der Waals surface area (Å²) in [6, 6.07) is 6.44. The molecule has 0 spiro atoms. The maximum absolute atomic E-state index is 12.2. The first-order valence-electron chi connectivity index (χ1n) is 6.89. The number of halogens is 1. The third-order valence-electron chi connectivity index (χ3n) is 3.80. The molecule has 1 heterocycles. The molecule has 1 aromatic carbocycles. The van der Waals surface area contributed by atoms with E-state index in [9.17, 15) is 9.59 Å². The summed E-state index contributed by atoms with van der Waals surface area (Å²) in [5.41, 5.74) is 0. The summed E-state index contributed by atoms with van der Waals surface area (Å²) in [4.78, 5) is 25.0. The van der Waals surface area contributed by atoms with Crippen molar-refractivity contribution >= 4 is 23.5 Å². The summed E-state index contributed by atoms with van der Waals surface area (Å²) in [6.07, 6.45) is 1.31. The quantitative estimate of drug-likeness (QED) is 0.927. The van der Waals surface area contributed by atoms with Crippen LogP contribution in [0.15, 0.2) is 24.3 Å². The van der Waals surface area contributed by atoms with Crippen LogP contribution < -0.4 is 4.74 Å². The second-order valence-electron chi connectivity index (χ2n) is 5.16. The van der Waals surface area contributed by atoms with Crippen LogP contribution >= 0.6 is 11.6 Å². The Bertz CT molecular complexity index is 517. The van der Waals surface area contributed by atoms with Gasteiger partial charge in [0, 0.05) is 17.6 Å². The van der Waals surface area contributed by atoms with Gasteiger partial charge in [-0.3, -0.25) is 9.59 Å². The first kappa shape index (κ1) is 15.6. The average molecular weight is 312 g/mol. The van der Waals surface area contributed by atoms with Crippen molar-refractivity contribution in [3.8, 4) is 5.75 Å². The highest BCUT2D eigenvalue weighted by molar-refractivity contribution is 6.30. The fourth-order valence-electron chi connectivity index (χ4n) is 2.58. The number of hydrogen-bond donors (Lipinski definition) is 1. The molecule has 1 saturated heterocycles. The van der Waals surface area contributed by atoms with Crippen molar-refractivity contribution in [1.29, 1.82) is 0 Å². The molecule has 0 bridgehead atoms. The zero-order valence-electron chi connectivity index (χ0n) is 11.8. The van der Waals surface area contributed by atoms with E-state index in [1.807, 2.05) is 0 Å². The number of carboxylic acids is 1. The lowest BCUT2D eigenvalue weighted by Gasteiger charge is -2.37. The minimum Gasteiger partial charge on any atom is -0.484 e. The lowest BCUT2D eigenvalue weighted by Crippen LogP contribution is -2.50. The van der Waals surface area contributed by atoms with Gasteiger partial charge in [-0.2, -0.15) is 0 Å². The average Bonchev–Trinajstić information content (AvgIpc) is 2.46. The van der Waals surface area contributed by atoms with Crippen LogP contribution in [0.1, 0.15) is 19.8 Å². The molecule has 0 unspecified atom stereocenters. The van der Waals surface area contributed by atoms with Gasteiger partial charge in [-0.25, -0.2) is 0 Å². The number of ether oxygens (including phenoxy) is 1. The van der Waals surface area contributed by atoms with Gasteiger partial charge in [0.2, 0.25) is 0 Å². The number of piperidine rings is 1. The van der Waals surface area contributed by atoms with E-state index in [4.69, 9.17) is 21.4 Å². The molecule has 1 N–H and O–H groups in total. The molecule has 1 aliphatic heterocycles. The number of hydrogen-bond acceptors (Lipinski definition) is 3. The largest absolute Gasteiger partial charge is 0.484 e. The molecule has 1 aliphatic rings. The van der Waals surface area contributed by atoms with E-state index < -0.39 is 11.9 Å². The minimum atomic E-state index is -0.849. The lowest BCUT2D eigenvalue weighted by molar-refractivity contribution is -0.149. The third-order valence-corrected chi connectivity index (χ3v) is 4.05. The molecule has 0 radical (unpaired) electrons. The van der Waals surface area contributed by atoms with Gasteiger partial charge < -0.3 is 14.7 Å². The third kappa shape index (κ3) is 3.88. The summed E-state index contributed by atoms with van der Waals surface area (Å²) < 4.78 is 5.42. The number of amides is 1. The van der Waals surface area contributed by atoms with E-state index in [2.05, 4.69) is 0 Å². The molecule has 1 amide bonds. The fourth-order valence-corrected chi connectivity index (χ4v) is 2.71. The number of likely N-dealkylation sites (tertiary alicyclic amines) is 1. The van der Waals surface area contributed by atoms with Gasteiger partial charge in [-0.05, 0) is 44.0 Å². The van der Waals surface area contributed by atoms with Crippen molar-refractivity contribution < 1.29 is 19.4 Å². The molecule has 2 rings (SSSR count). The van der Waals surface area contributed by atoms with E-state index >= 15 is 0 Å². The summed E-state index contributed by atoms with van der Waals surface area (Å²) in [5.74, 6) is -0.979. The normalized spacial score (nSPS) is 21.9. The van der Waals surface area contributed by atoms with Gasteiger partial charge in [0.05, 0.1) is 5.92 Å². The Morgan fingerprint density at radius 1 is 1.38 bits per heavy atom. The van der Waals surface area contributed by atoms with Gasteiger partial charge in [0.1, 0.15) is 5.75 Å². The van der Waals surface area contributed by atoms with Crippen molar-refractivity contribution in [2.24, 2.45) is 5.92 Å². The molecule has 0 aromatic heterocycles. The van der Waals surface area contributed by atoms with Crippen LogP contribution in [0.2, 0.25) is 5.02 Å². The Hall–Kier alpha value is -1.75. The molecule has 0 aliphatic carbocycles. The lowest BCUT2D eigenvalue weighted by atomic mass is 9.90. The highest BCUT2D eigenvalue weighted by Crippen LogP contribution is 2.24. The van der Waals surface area contributed by atoms with Gasteiger partial charge in [-0.15, -0.1) is 0 Å². The monoisotopic (exact) mass is 311 g/mol. The van der Waals surface area contributed by atoms with Crippen LogP contribution in [-0.4, -0.2) is 41.1 Å². The minimum absolute atomic E-state index is 0.0989. The number of carbonyl (C=O) groups is 2. The van der Waals surface area contributed by atoms with E-state index in [1.54, 1.807) is 36.1 Å². The molecule has 5 nitrogen and oxygen atoms in total. The van der Waals surface area contributed by atoms with E-state index in [0.717, 1.165) is 0 Å². The predicted molar refractivity (Wildman–Crippen MR) is 78.5 cm³/mol. The van der Waals surface area contributed by atoms with Gasteiger partial charge in [0.25, 0.3) is 5.91 Å². The Morgan fingerprint density at radius 3 is 2.67 bits per heavy atom. The number of nitrogens with zero attached hydrogens (tertiary/aromatic N) is 1.